The molecule has 2 aromatic heterocycles. The topological polar surface area (TPSA) is 158 Å². The van der Waals surface area contributed by atoms with Gasteiger partial charge in [0, 0.05) is 43.5 Å². The molecule has 46 heavy (non-hydrogen) atoms. The number of carbonyl (C=O) groups is 3. The summed E-state index contributed by atoms with van der Waals surface area (Å²) < 4.78 is 28.1. The predicted octanol–water partition coefficient (Wildman–Crippen LogP) is 3.94. The Kier molecular flexibility index (Phi) is 9.46. The first-order valence-electron chi connectivity index (χ1n) is 15.2. The maximum atomic E-state index is 13.3. The van der Waals surface area contributed by atoms with Crippen LogP contribution >= 0.6 is 0 Å². The minimum Gasteiger partial charge on any atom is -0.493 e. The van der Waals surface area contributed by atoms with E-state index < -0.39 is 0 Å². The Morgan fingerprint density at radius 2 is 1.98 bits per heavy atom. The molecule has 0 spiro atoms. The maximum absolute atomic E-state index is 13.3. The number of methoxy groups -OCH3 is 1. The standard InChI is InChI=1S/C33H35N5O8/c1-42-26-9-6-21-17-28(26)45-14-3-2-13-38(32(41)11-10-31-36-33(37-46-31)27-5-4-15-44-27)20-30(40)34-12-16-43-22-7-8-23-24(21)19-29(39)35-25(23)18-22/h4-9,15,17-18,24H,2-3,10-14,16,19-20H2,1H3,(H,34,40)(H,35,39). The minimum atomic E-state index is -0.303. The molecule has 0 aliphatic carbocycles. The zero-order valence-corrected chi connectivity index (χ0v) is 25.5. The first kappa shape index (κ1) is 30.7. The van der Waals surface area contributed by atoms with Crippen LogP contribution in [-0.4, -0.2) is 72.7 Å². The largest absolute Gasteiger partial charge is 0.493 e. The highest BCUT2D eigenvalue weighted by Gasteiger charge is 2.28. The Balaban J connectivity index is 1.15. The second-order valence-electron chi connectivity index (χ2n) is 11.0. The Hall–Kier alpha value is -5.33. The highest BCUT2D eigenvalue weighted by atomic mass is 16.5. The van der Waals surface area contributed by atoms with E-state index >= 15 is 0 Å². The highest BCUT2D eigenvalue weighted by molar-refractivity contribution is 5.95. The van der Waals surface area contributed by atoms with Crippen LogP contribution in [0.4, 0.5) is 5.69 Å². The molecule has 1 atom stereocenters. The summed E-state index contributed by atoms with van der Waals surface area (Å²) in [6.07, 6.45) is 3.35. The summed E-state index contributed by atoms with van der Waals surface area (Å²) in [6.45, 7) is 1.07. The van der Waals surface area contributed by atoms with E-state index in [1.54, 1.807) is 25.3 Å². The SMILES string of the molecule is COc1ccc2cc1OCCCCN(C(=O)CCc1nc(-c3ccco3)no1)CC(=O)NCCOc1ccc3c(c1)NC(=O)CC23. The van der Waals surface area contributed by atoms with Crippen molar-refractivity contribution in [1.29, 1.82) is 0 Å². The molecule has 1 unspecified atom stereocenters. The van der Waals surface area contributed by atoms with Gasteiger partial charge < -0.3 is 38.7 Å². The average Bonchev–Trinajstić information content (AvgIpc) is 3.77. The molecule has 0 saturated heterocycles. The van der Waals surface area contributed by atoms with E-state index in [4.69, 9.17) is 23.2 Å². The summed E-state index contributed by atoms with van der Waals surface area (Å²) in [5.41, 5.74) is 2.60. The number of aromatic nitrogens is 2. The van der Waals surface area contributed by atoms with Gasteiger partial charge in [0.2, 0.25) is 29.4 Å². The normalized spacial score (nSPS) is 17.3. The Morgan fingerprint density at radius 1 is 1.07 bits per heavy atom. The number of benzene rings is 2. The lowest BCUT2D eigenvalue weighted by Gasteiger charge is -2.27. The molecular formula is C33H35N5O8. The second kappa shape index (κ2) is 14.2. The summed E-state index contributed by atoms with van der Waals surface area (Å²) in [5.74, 6) is 2.04. The molecule has 2 aromatic carbocycles. The molecule has 7 rings (SSSR count). The molecule has 2 N–H and O–H groups in total. The Morgan fingerprint density at radius 3 is 2.83 bits per heavy atom. The van der Waals surface area contributed by atoms with Crippen molar-refractivity contribution >= 4 is 23.4 Å². The van der Waals surface area contributed by atoms with Crippen molar-refractivity contribution in [2.24, 2.45) is 0 Å². The third kappa shape index (κ3) is 7.31. The molecule has 0 radical (unpaired) electrons. The summed E-state index contributed by atoms with van der Waals surface area (Å²) >= 11 is 0. The summed E-state index contributed by atoms with van der Waals surface area (Å²) in [7, 11) is 1.58. The molecule has 5 heterocycles. The zero-order valence-electron chi connectivity index (χ0n) is 25.5. The number of aryl methyl sites for hydroxylation is 1. The van der Waals surface area contributed by atoms with Gasteiger partial charge in [-0.3, -0.25) is 14.4 Å². The van der Waals surface area contributed by atoms with E-state index in [-0.39, 0.29) is 56.2 Å². The summed E-state index contributed by atoms with van der Waals surface area (Å²) in [5, 5.41) is 9.68. The molecule has 0 fully saturated rings. The van der Waals surface area contributed by atoms with Gasteiger partial charge in [0.1, 0.15) is 12.4 Å². The van der Waals surface area contributed by atoms with E-state index in [0.29, 0.717) is 72.8 Å². The number of nitrogens with zero attached hydrogens (tertiary/aromatic N) is 3. The molecule has 6 bridgehead atoms. The van der Waals surface area contributed by atoms with Crippen molar-refractivity contribution in [3.63, 3.8) is 0 Å². The van der Waals surface area contributed by atoms with Gasteiger partial charge in [-0.1, -0.05) is 17.3 Å². The summed E-state index contributed by atoms with van der Waals surface area (Å²) in [4.78, 5) is 44.6. The van der Waals surface area contributed by atoms with Gasteiger partial charge in [-0.2, -0.15) is 4.98 Å². The van der Waals surface area contributed by atoms with Crippen LogP contribution in [0.3, 0.4) is 0 Å². The van der Waals surface area contributed by atoms with E-state index in [0.717, 1.165) is 11.1 Å². The number of carbonyl (C=O) groups excluding carboxylic acids is 3. The molecular weight excluding hydrogens is 594 g/mol. The smallest absolute Gasteiger partial charge is 0.239 e. The fraction of sp³-hybridized carbons (Fsp3) is 0.364. The number of fused-ring (bicyclic) bond motifs is 12. The maximum Gasteiger partial charge on any atom is 0.239 e. The van der Waals surface area contributed by atoms with Crippen LogP contribution in [-0.2, 0) is 20.8 Å². The van der Waals surface area contributed by atoms with Crippen LogP contribution in [0.25, 0.3) is 11.6 Å². The molecule has 13 nitrogen and oxygen atoms in total. The van der Waals surface area contributed by atoms with Crippen LogP contribution in [0.1, 0.15) is 48.6 Å². The molecule has 3 amide bonds. The number of rotatable bonds is 5. The van der Waals surface area contributed by atoms with Crippen molar-refractivity contribution in [2.75, 3.05) is 45.3 Å². The van der Waals surface area contributed by atoms with Crippen molar-refractivity contribution in [3.8, 4) is 28.8 Å². The fourth-order valence-corrected chi connectivity index (χ4v) is 5.56. The van der Waals surface area contributed by atoms with Crippen LogP contribution in [0.2, 0.25) is 0 Å². The van der Waals surface area contributed by atoms with Crippen molar-refractivity contribution < 1.29 is 37.5 Å². The van der Waals surface area contributed by atoms with Gasteiger partial charge in [0.25, 0.3) is 0 Å². The van der Waals surface area contributed by atoms with E-state index in [9.17, 15) is 14.4 Å². The Labute approximate surface area is 265 Å². The van der Waals surface area contributed by atoms with Crippen LogP contribution in [0.15, 0.2) is 63.7 Å². The molecule has 13 heteroatoms. The van der Waals surface area contributed by atoms with Crippen LogP contribution < -0.4 is 24.8 Å². The monoisotopic (exact) mass is 629 g/mol. The lowest BCUT2D eigenvalue weighted by atomic mass is 9.84. The number of furan rings is 1. The third-order valence-electron chi connectivity index (χ3n) is 7.88. The number of ether oxygens (including phenoxy) is 3. The van der Waals surface area contributed by atoms with Gasteiger partial charge in [-0.15, -0.1) is 0 Å². The van der Waals surface area contributed by atoms with E-state index in [1.807, 2.05) is 30.3 Å². The minimum absolute atomic E-state index is 0.0860. The first-order valence-corrected chi connectivity index (χ1v) is 15.2. The molecule has 0 saturated carbocycles. The molecule has 3 aliphatic rings. The van der Waals surface area contributed by atoms with Crippen molar-refractivity contribution in [3.05, 3.63) is 71.8 Å². The van der Waals surface area contributed by atoms with Crippen LogP contribution in [0, 0.1) is 0 Å². The van der Waals surface area contributed by atoms with Gasteiger partial charge in [-0.05, 0) is 54.3 Å². The molecule has 3 aliphatic heterocycles. The second-order valence-corrected chi connectivity index (χ2v) is 11.0. The lowest BCUT2D eigenvalue weighted by molar-refractivity contribution is -0.136. The van der Waals surface area contributed by atoms with Gasteiger partial charge >= 0.3 is 0 Å². The first-order chi connectivity index (χ1) is 22.5. The quantitative estimate of drug-likeness (QED) is 0.310. The third-order valence-corrected chi connectivity index (χ3v) is 7.88. The highest BCUT2D eigenvalue weighted by Crippen LogP contribution is 2.41. The number of amides is 3. The Bertz CT molecular complexity index is 1680. The summed E-state index contributed by atoms with van der Waals surface area (Å²) in [6, 6.07) is 14.8. The van der Waals surface area contributed by atoms with E-state index in [1.165, 1.54) is 11.2 Å². The number of hydrogen-bond donors (Lipinski definition) is 2. The molecule has 4 aromatic rings. The lowest BCUT2D eigenvalue weighted by Crippen LogP contribution is -2.42. The number of nitrogens with one attached hydrogen (secondary N) is 2. The fourth-order valence-electron chi connectivity index (χ4n) is 5.56. The zero-order chi connectivity index (χ0) is 31.9. The van der Waals surface area contributed by atoms with Crippen LogP contribution in [0.5, 0.6) is 17.2 Å². The van der Waals surface area contributed by atoms with Crippen molar-refractivity contribution in [2.45, 2.75) is 38.0 Å². The van der Waals surface area contributed by atoms with Gasteiger partial charge in [-0.25, -0.2) is 0 Å². The van der Waals surface area contributed by atoms with E-state index in [2.05, 4.69) is 20.8 Å². The number of hydrogen-bond acceptors (Lipinski definition) is 10. The van der Waals surface area contributed by atoms with Gasteiger partial charge in [0.05, 0.1) is 33.1 Å². The van der Waals surface area contributed by atoms with Gasteiger partial charge in [0.15, 0.2) is 17.3 Å². The molecule has 240 valence electrons. The predicted molar refractivity (Wildman–Crippen MR) is 165 cm³/mol. The van der Waals surface area contributed by atoms with Crippen molar-refractivity contribution in [1.82, 2.24) is 20.4 Å². The number of anilines is 1. The average molecular weight is 630 g/mol.